The molecule has 2 aromatic carbocycles. The summed E-state index contributed by atoms with van der Waals surface area (Å²) in [6, 6.07) is 16.1. The van der Waals surface area contributed by atoms with Crippen LogP contribution in [0.3, 0.4) is 0 Å². The zero-order valence-corrected chi connectivity index (χ0v) is 13.1. The third kappa shape index (κ3) is 2.39. The van der Waals surface area contributed by atoms with Crippen molar-refractivity contribution in [3.8, 4) is 5.88 Å². The minimum Gasteiger partial charge on any atom is -0.494 e. The van der Waals surface area contributed by atoms with Gasteiger partial charge >= 0.3 is 0 Å². The van der Waals surface area contributed by atoms with Crippen molar-refractivity contribution in [2.24, 2.45) is 12.0 Å². The van der Waals surface area contributed by atoms with E-state index in [1.807, 2.05) is 49.5 Å². The molecule has 3 nitrogen and oxygen atoms in total. The van der Waals surface area contributed by atoms with Crippen LogP contribution in [0, 0.1) is 0 Å². The summed E-state index contributed by atoms with van der Waals surface area (Å²) in [5, 5.41) is 11.4. The van der Waals surface area contributed by atoms with E-state index in [0.29, 0.717) is 5.92 Å². The smallest absolute Gasteiger partial charge is 0.200 e. The lowest BCUT2D eigenvalue weighted by molar-refractivity contribution is 0.434. The van der Waals surface area contributed by atoms with Gasteiger partial charge in [0, 0.05) is 18.6 Å². The van der Waals surface area contributed by atoms with Crippen LogP contribution >= 0.6 is 0 Å². The first kappa shape index (κ1) is 14.4. The van der Waals surface area contributed by atoms with Gasteiger partial charge in [-0.1, -0.05) is 50.2 Å². The first-order valence-electron chi connectivity index (χ1n) is 7.49. The fraction of sp³-hybridized carbons (Fsp3) is 0.211. The second-order valence-electron chi connectivity index (χ2n) is 5.79. The number of aryl methyl sites for hydroxylation is 1. The van der Waals surface area contributed by atoms with Gasteiger partial charge in [-0.2, -0.15) is 0 Å². The molecule has 0 spiro atoms. The molecule has 0 fully saturated rings. The molecule has 3 heteroatoms. The highest BCUT2D eigenvalue weighted by atomic mass is 16.3. The van der Waals surface area contributed by atoms with Gasteiger partial charge in [-0.05, 0) is 23.6 Å². The number of hydrogen-bond acceptors (Lipinski definition) is 2. The minimum absolute atomic E-state index is 0.243. The van der Waals surface area contributed by atoms with E-state index in [4.69, 9.17) is 0 Å². The Morgan fingerprint density at radius 3 is 2.50 bits per heavy atom. The SMILES string of the molecule is CC(C)c1ccccc1N=Cc1c(O)n(C)c2ccccc12. The number of nitrogens with zero attached hydrogens (tertiary/aromatic N) is 2. The van der Waals surface area contributed by atoms with Gasteiger partial charge in [-0.3, -0.25) is 4.99 Å². The number of benzene rings is 2. The average Bonchev–Trinajstić information content (AvgIpc) is 2.77. The first-order chi connectivity index (χ1) is 10.6. The van der Waals surface area contributed by atoms with Gasteiger partial charge in [0.2, 0.25) is 5.88 Å². The number of aromatic hydroxyl groups is 1. The Balaban J connectivity index is 2.10. The molecule has 0 atom stereocenters. The largest absolute Gasteiger partial charge is 0.494 e. The van der Waals surface area contributed by atoms with E-state index < -0.39 is 0 Å². The van der Waals surface area contributed by atoms with E-state index in [-0.39, 0.29) is 5.88 Å². The topological polar surface area (TPSA) is 37.5 Å². The van der Waals surface area contributed by atoms with Crippen molar-refractivity contribution in [1.29, 1.82) is 0 Å². The van der Waals surface area contributed by atoms with Crippen molar-refractivity contribution in [3.63, 3.8) is 0 Å². The summed E-state index contributed by atoms with van der Waals surface area (Å²) in [5.74, 6) is 0.654. The van der Waals surface area contributed by atoms with Gasteiger partial charge in [0.05, 0.1) is 16.8 Å². The lowest BCUT2D eigenvalue weighted by Gasteiger charge is -2.08. The van der Waals surface area contributed by atoms with E-state index in [0.717, 1.165) is 22.2 Å². The van der Waals surface area contributed by atoms with Crippen LogP contribution in [0.2, 0.25) is 0 Å². The maximum Gasteiger partial charge on any atom is 0.200 e. The van der Waals surface area contributed by atoms with E-state index in [9.17, 15) is 5.11 Å². The maximum atomic E-state index is 10.3. The molecular formula is C19H20N2O. The zero-order valence-electron chi connectivity index (χ0n) is 13.1. The van der Waals surface area contributed by atoms with Crippen LogP contribution in [0.15, 0.2) is 53.5 Å². The van der Waals surface area contributed by atoms with Crippen LogP contribution in [0.25, 0.3) is 10.9 Å². The quantitative estimate of drug-likeness (QED) is 0.694. The molecule has 112 valence electrons. The van der Waals surface area contributed by atoms with Gasteiger partial charge in [0.25, 0.3) is 0 Å². The Morgan fingerprint density at radius 2 is 1.73 bits per heavy atom. The van der Waals surface area contributed by atoms with Gasteiger partial charge in [0.15, 0.2) is 0 Å². The van der Waals surface area contributed by atoms with Crippen LogP contribution in [-0.4, -0.2) is 15.9 Å². The standard InChI is InChI=1S/C19H20N2O/c1-13(2)14-8-4-6-10-17(14)20-12-16-15-9-5-7-11-18(15)21(3)19(16)22/h4-13,22H,1-3H3. The molecule has 0 unspecified atom stereocenters. The van der Waals surface area contributed by atoms with Gasteiger partial charge in [-0.25, -0.2) is 0 Å². The highest BCUT2D eigenvalue weighted by molar-refractivity contribution is 6.03. The Bertz CT molecular complexity index is 844. The van der Waals surface area contributed by atoms with Crippen LogP contribution in [-0.2, 0) is 7.05 Å². The van der Waals surface area contributed by atoms with E-state index in [1.165, 1.54) is 5.56 Å². The summed E-state index contributed by atoms with van der Waals surface area (Å²) in [7, 11) is 1.86. The Kier molecular flexibility index (Phi) is 3.72. The molecule has 0 aliphatic heterocycles. The van der Waals surface area contributed by atoms with Crippen molar-refractivity contribution >= 4 is 22.8 Å². The van der Waals surface area contributed by atoms with Crippen molar-refractivity contribution < 1.29 is 5.11 Å². The Labute approximate surface area is 130 Å². The molecule has 1 heterocycles. The summed E-state index contributed by atoms with van der Waals surface area (Å²) >= 11 is 0. The Morgan fingerprint density at radius 1 is 1.05 bits per heavy atom. The van der Waals surface area contributed by atoms with E-state index in [2.05, 4.69) is 24.9 Å². The second kappa shape index (κ2) is 5.68. The molecule has 0 saturated heterocycles. The predicted octanol–water partition coefficient (Wildman–Crippen LogP) is 4.76. The highest BCUT2D eigenvalue weighted by Gasteiger charge is 2.12. The maximum absolute atomic E-state index is 10.3. The van der Waals surface area contributed by atoms with Crippen LogP contribution < -0.4 is 0 Å². The summed E-state index contributed by atoms with van der Waals surface area (Å²) in [6.07, 6.45) is 1.76. The monoisotopic (exact) mass is 292 g/mol. The lowest BCUT2D eigenvalue weighted by atomic mass is 10.0. The molecule has 0 saturated carbocycles. The van der Waals surface area contributed by atoms with Crippen molar-refractivity contribution in [3.05, 3.63) is 59.7 Å². The van der Waals surface area contributed by atoms with Crippen LogP contribution in [0.1, 0.15) is 30.9 Å². The van der Waals surface area contributed by atoms with Gasteiger partial charge < -0.3 is 9.67 Å². The molecule has 1 aromatic heterocycles. The third-order valence-corrected chi connectivity index (χ3v) is 4.01. The highest BCUT2D eigenvalue weighted by Crippen LogP contribution is 2.30. The molecule has 3 aromatic rings. The van der Waals surface area contributed by atoms with Crippen LogP contribution in [0.5, 0.6) is 5.88 Å². The molecule has 0 radical (unpaired) electrons. The lowest BCUT2D eigenvalue weighted by Crippen LogP contribution is -1.88. The third-order valence-electron chi connectivity index (χ3n) is 4.01. The molecule has 0 aliphatic rings. The molecule has 1 N–H and O–H groups in total. The molecule has 22 heavy (non-hydrogen) atoms. The average molecular weight is 292 g/mol. The molecular weight excluding hydrogens is 272 g/mol. The second-order valence-corrected chi connectivity index (χ2v) is 5.79. The molecule has 3 rings (SSSR count). The summed E-state index contributed by atoms with van der Waals surface area (Å²) < 4.78 is 1.78. The number of para-hydroxylation sites is 2. The van der Waals surface area contributed by atoms with Crippen molar-refractivity contribution in [2.45, 2.75) is 19.8 Å². The van der Waals surface area contributed by atoms with Crippen LogP contribution in [0.4, 0.5) is 5.69 Å². The first-order valence-corrected chi connectivity index (χ1v) is 7.49. The van der Waals surface area contributed by atoms with Crippen molar-refractivity contribution in [2.75, 3.05) is 0 Å². The number of rotatable bonds is 3. The number of aliphatic imine (C=N–C) groups is 1. The fourth-order valence-electron chi connectivity index (χ4n) is 2.76. The molecule has 0 bridgehead atoms. The molecule has 0 amide bonds. The van der Waals surface area contributed by atoms with E-state index in [1.54, 1.807) is 10.8 Å². The van der Waals surface area contributed by atoms with Crippen molar-refractivity contribution in [1.82, 2.24) is 4.57 Å². The van der Waals surface area contributed by atoms with Gasteiger partial charge in [0.1, 0.15) is 0 Å². The van der Waals surface area contributed by atoms with E-state index >= 15 is 0 Å². The number of hydrogen-bond donors (Lipinski definition) is 1. The summed E-state index contributed by atoms with van der Waals surface area (Å²) in [5.41, 5.74) is 3.92. The number of fused-ring (bicyclic) bond motifs is 1. The zero-order chi connectivity index (χ0) is 15.7. The minimum atomic E-state index is 0.243. The Hall–Kier alpha value is -2.55. The molecule has 0 aliphatic carbocycles. The van der Waals surface area contributed by atoms with Gasteiger partial charge in [-0.15, -0.1) is 0 Å². The fourth-order valence-corrected chi connectivity index (χ4v) is 2.76. The predicted molar refractivity (Wildman–Crippen MR) is 92.4 cm³/mol. The summed E-state index contributed by atoms with van der Waals surface area (Å²) in [6.45, 7) is 4.31. The summed E-state index contributed by atoms with van der Waals surface area (Å²) in [4.78, 5) is 4.62. The normalized spacial score (nSPS) is 11.8. The number of aromatic nitrogens is 1.